The van der Waals surface area contributed by atoms with Crippen LogP contribution in [0.4, 0.5) is 5.82 Å². The first-order valence-corrected chi connectivity index (χ1v) is 3.84. The van der Waals surface area contributed by atoms with Crippen molar-refractivity contribution in [1.82, 2.24) is 19.7 Å². The number of primary amides is 1. The van der Waals surface area contributed by atoms with Crippen LogP contribution in [0.3, 0.4) is 0 Å². The standard InChI is InChI=1S/C7H8N6O/c1-13-7-3(4(12-13)6(9)14)5(8)10-2-11-7/h2H,1H3,(H2,9,14)(H2,8,10,11). The van der Waals surface area contributed by atoms with Crippen LogP contribution < -0.4 is 11.5 Å². The number of amides is 1. The minimum atomic E-state index is -0.642. The van der Waals surface area contributed by atoms with Gasteiger partial charge in [-0.1, -0.05) is 0 Å². The Balaban J connectivity index is 2.93. The lowest BCUT2D eigenvalue weighted by molar-refractivity contribution is 0.0996. The van der Waals surface area contributed by atoms with Gasteiger partial charge in [-0.2, -0.15) is 5.10 Å². The molecule has 0 unspecified atom stereocenters. The third-order valence-corrected chi connectivity index (χ3v) is 1.88. The molecule has 4 N–H and O–H groups in total. The Morgan fingerprint density at radius 3 is 2.86 bits per heavy atom. The van der Waals surface area contributed by atoms with Crippen LogP contribution in [-0.4, -0.2) is 25.7 Å². The number of nitrogen functional groups attached to an aromatic ring is 1. The summed E-state index contributed by atoms with van der Waals surface area (Å²) in [4.78, 5) is 18.7. The zero-order valence-electron chi connectivity index (χ0n) is 7.43. The lowest BCUT2D eigenvalue weighted by Gasteiger charge is -1.94. The molecular weight excluding hydrogens is 184 g/mol. The summed E-state index contributed by atoms with van der Waals surface area (Å²) in [5.74, 6) is -0.436. The SMILES string of the molecule is Cn1nc(C(N)=O)c2c(N)ncnc21. The third kappa shape index (κ3) is 0.987. The summed E-state index contributed by atoms with van der Waals surface area (Å²) in [5.41, 5.74) is 11.3. The average molecular weight is 192 g/mol. The van der Waals surface area contributed by atoms with Gasteiger partial charge in [0.15, 0.2) is 11.3 Å². The predicted octanol–water partition coefficient (Wildman–Crippen LogP) is -0.956. The van der Waals surface area contributed by atoms with Gasteiger partial charge in [0.1, 0.15) is 12.1 Å². The number of nitrogens with zero attached hydrogens (tertiary/aromatic N) is 4. The van der Waals surface area contributed by atoms with Crippen molar-refractivity contribution in [1.29, 1.82) is 0 Å². The van der Waals surface area contributed by atoms with Crippen LogP contribution in [0.15, 0.2) is 6.33 Å². The Bertz CT molecular complexity index is 516. The van der Waals surface area contributed by atoms with Crippen molar-refractivity contribution in [3.05, 3.63) is 12.0 Å². The van der Waals surface area contributed by atoms with E-state index in [1.54, 1.807) is 7.05 Å². The molecule has 0 aliphatic heterocycles. The van der Waals surface area contributed by atoms with E-state index in [2.05, 4.69) is 15.1 Å². The lowest BCUT2D eigenvalue weighted by Crippen LogP contribution is -2.13. The fraction of sp³-hybridized carbons (Fsp3) is 0.143. The van der Waals surface area contributed by atoms with Crippen molar-refractivity contribution in [3.63, 3.8) is 0 Å². The van der Waals surface area contributed by atoms with Gasteiger partial charge in [-0.3, -0.25) is 4.79 Å². The fourth-order valence-corrected chi connectivity index (χ4v) is 1.28. The fourth-order valence-electron chi connectivity index (χ4n) is 1.28. The van der Waals surface area contributed by atoms with Gasteiger partial charge in [0.25, 0.3) is 5.91 Å². The summed E-state index contributed by atoms with van der Waals surface area (Å²) >= 11 is 0. The molecule has 0 radical (unpaired) electrons. The number of aryl methyl sites for hydroxylation is 1. The van der Waals surface area contributed by atoms with Crippen molar-refractivity contribution < 1.29 is 4.79 Å². The van der Waals surface area contributed by atoms with Gasteiger partial charge in [-0.05, 0) is 0 Å². The van der Waals surface area contributed by atoms with E-state index in [1.807, 2.05) is 0 Å². The highest BCUT2D eigenvalue weighted by Gasteiger charge is 2.16. The Morgan fingerprint density at radius 1 is 1.50 bits per heavy atom. The van der Waals surface area contributed by atoms with E-state index in [9.17, 15) is 4.79 Å². The molecule has 72 valence electrons. The minimum absolute atomic E-state index is 0.0978. The first-order valence-electron chi connectivity index (χ1n) is 3.84. The molecule has 0 fully saturated rings. The summed E-state index contributed by atoms with van der Waals surface area (Å²) in [7, 11) is 1.65. The highest BCUT2D eigenvalue weighted by atomic mass is 16.1. The average Bonchev–Trinajstić information content (AvgIpc) is 2.46. The molecule has 0 aliphatic carbocycles. The van der Waals surface area contributed by atoms with E-state index in [1.165, 1.54) is 11.0 Å². The zero-order chi connectivity index (χ0) is 10.3. The van der Waals surface area contributed by atoms with Crippen LogP contribution in [-0.2, 0) is 7.05 Å². The maximum Gasteiger partial charge on any atom is 0.270 e. The number of carbonyl (C=O) groups is 1. The molecule has 7 nitrogen and oxygen atoms in total. The monoisotopic (exact) mass is 192 g/mol. The molecular formula is C7H8N6O. The van der Waals surface area contributed by atoms with E-state index in [0.29, 0.717) is 11.0 Å². The van der Waals surface area contributed by atoms with Gasteiger partial charge in [0.2, 0.25) is 0 Å². The first-order chi connectivity index (χ1) is 6.61. The number of nitrogens with two attached hydrogens (primary N) is 2. The molecule has 2 aromatic rings. The van der Waals surface area contributed by atoms with E-state index in [0.717, 1.165) is 0 Å². The quantitative estimate of drug-likeness (QED) is 0.604. The highest BCUT2D eigenvalue weighted by molar-refractivity contribution is 6.06. The summed E-state index contributed by atoms with van der Waals surface area (Å²) < 4.78 is 1.44. The molecule has 7 heteroatoms. The normalized spacial score (nSPS) is 10.6. The van der Waals surface area contributed by atoms with Crippen LogP contribution in [0.2, 0.25) is 0 Å². The number of rotatable bonds is 1. The number of anilines is 1. The number of hydrogen-bond donors (Lipinski definition) is 2. The molecule has 0 saturated carbocycles. The molecule has 0 spiro atoms. The maximum absolute atomic E-state index is 11.0. The second-order valence-electron chi connectivity index (χ2n) is 2.79. The lowest BCUT2D eigenvalue weighted by atomic mass is 10.3. The van der Waals surface area contributed by atoms with Crippen molar-refractivity contribution in [2.24, 2.45) is 12.8 Å². The van der Waals surface area contributed by atoms with Crippen molar-refractivity contribution in [3.8, 4) is 0 Å². The Morgan fingerprint density at radius 2 is 2.21 bits per heavy atom. The molecule has 0 saturated heterocycles. The third-order valence-electron chi connectivity index (χ3n) is 1.88. The molecule has 2 rings (SSSR count). The summed E-state index contributed by atoms with van der Waals surface area (Å²) in [6.45, 7) is 0. The molecule has 1 amide bonds. The van der Waals surface area contributed by atoms with Gasteiger partial charge in [0, 0.05) is 7.05 Å². The van der Waals surface area contributed by atoms with Crippen LogP contribution in [0.5, 0.6) is 0 Å². The van der Waals surface area contributed by atoms with Gasteiger partial charge in [0.05, 0.1) is 5.39 Å². The van der Waals surface area contributed by atoms with Gasteiger partial charge in [-0.15, -0.1) is 0 Å². The number of fused-ring (bicyclic) bond motifs is 1. The molecule has 0 aromatic carbocycles. The Kier molecular flexibility index (Phi) is 1.60. The van der Waals surface area contributed by atoms with E-state index in [-0.39, 0.29) is 11.5 Å². The Hall–Kier alpha value is -2.18. The number of hydrogen-bond acceptors (Lipinski definition) is 5. The second-order valence-corrected chi connectivity index (χ2v) is 2.79. The van der Waals surface area contributed by atoms with Gasteiger partial charge >= 0.3 is 0 Å². The molecule has 0 bridgehead atoms. The second kappa shape index (κ2) is 2.66. The smallest absolute Gasteiger partial charge is 0.270 e. The molecule has 2 aromatic heterocycles. The number of aromatic nitrogens is 4. The molecule has 14 heavy (non-hydrogen) atoms. The largest absolute Gasteiger partial charge is 0.383 e. The van der Waals surface area contributed by atoms with Crippen LogP contribution >= 0.6 is 0 Å². The Labute approximate surface area is 78.7 Å². The van der Waals surface area contributed by atoms with Crippen LogP contribution in [0.1, 0.15) is 10.5 Å². The van der Waals surface area contributed by atoms with Crippen molar-refractivity contribution in [2.75, 3.05) is 5.73 Å². The first kappa shape index (κ1) is 8.42. The summed E-state index contributed by atoms with van der Waals surface area (Å²) in [6, 6.07) is 0. The van der Waals surface area contributed by atoms with Crippen molar-refractivity contribution in [2.45, 2.75) is 0 Å². The highest BCUT2D eigenvalue weighted by Crippen LogP contribution is 2.19. The minimum Gasteiger partial charge on any atom is -0.383 e. The summed E-state index contributed by atoms with van der Waals surface area (Å²) in [5, 5.41) is 4.31. The van der Waals surface area contributed by atoms with E-state index < -0.39 is 5.91 Å². The van der Waals surface area contributed by atoms with Crippen molar-refractivity contribution >= 4 is 22.8 Å². The maximum atomic E-state index is 11.0. The number of carbonyl (C=O) groups excluding carboxylic acids is 1. The topological polar surface area (TPSA) is 113 Å². The van der Waals surface area contributed by atoms with Gasteiger partial charge in [-0.25, -0.2) is 14.6 Å². The molecule has 0 atom stereocenters. The van der Waals surface area contributed by atoms with Gasteiger partial charge < -0.3 is 11.5 Å². The zero-order valence-corrected chi connectivity index (χ0v) is 7.43. The van der Waals surface area contributed by atoms with E-state index in [4.69, 9.17) is 11.5 Å². The summed E-state index contributed by atoms with van der Waals surface area (Å²) in [6.07, 6.45) is 1.31. The predicted molar refractivity (Wildman–Crippen MR) is 49.2 cm³/mol. The van der Waals surface area contributed by atoms with Crippen LogP contribution in [0.25, 0.3) is 11.0 Å². The molecule has 2 heterocycles. The molecule has 0 aliphatic rings. The van der Waals surface area contributed by atoms with E-state index >= 15 is 0 Å². The van der Waals surface area contributed by atoms with Crippen LogP contribution in [0, 0.1) is 0 Å².